The number of aromatic nitrogens is 3. The summed E-state index contributed by atoms with van der Waals surface area (Å²) in [7, 11) is 0. The summed E-state index contributed by atoms with van der Waals surface area (Å²) in [5.74, 6) is 0.650. The van der Waals surface area contributed by atoms with Gasteiger partial charge in [-0.25, -0.2) is 14.3 Å². The van der Waals surface area contributed by atoms with Crippen LogP contribution in [0.25, 0.3) is 5.52 Å². The molecule has 1 spiro atoms. The van der Waals surface area contributed by atoms with E-state index < -0.39 is 41.5 Å². The Morgan fingerprint density at radius 2 is 2.03 bits per heavy atom. The smallest absolute Gasteiger partial charge is 0.431 e. The van der Waals surface area contributed by atoms with Crippen LogP contribution in [0, 0.1) is 23.2 Å². The Bertz CT molecular complexity index is 1230. The Balaban J connectivity index is 1.19. The first-order valence-electron chi connectivity index (χ1n) is 11.2. The van der Waals surface area contributed by atoms with Gasteiger partial charge in [0.05, 0.1) is 5.69 Å². The van der Waals surface area contributed by atoms with Crippen molar-refractivity contribution in [2.24, 2.45) is 11.8 Å². The van der Waals surface area contributed by atoms with Gasteiger partial charge in [-0.3, -0.25) is 0 Å². The average Bonchev–Trinajstić information content (AvgIpc) is 3.26. The second-order valence-electron chi connectivity index (χ2n) is 10.1. The maximum Gasteiger partial charge on any atom is 0.509 e. The molecule has 1 unspecified atom stereocenters. The van der Waals surface area contributed by atoms with Gasteiger partial charge in [0, 0.05) is 0 Å². The zero-order valence-corrected chi connectivity index (χ0v) is 18.1. The Morgan fingerprint density at radius 3 is 2.79 bits per heavy atom. The molecule has 2 aliphatic heterocycles. The Kier molecular flexibility index (Phi) is 3.51. The molecule has 11 heteroatoms. The highest BCUT2D eigenvalue weighted by atomic mass is 16.8. The number of nitrogens with two attached hydrogens (primary N) is 1. The molecule has 3 aliphatic carbocycles. The highest BCUT2D eigenvalue weighted by molar-refractivity contribution is 5.66. The van der Waals surface area contributed by atoms with E-state index >= 15 is 0 Å². The molecule has 3 saturated carbocycles. The van der Waals surface area contributed by atoms with Crippen LogP contribution in [-0.4, -0.2) is 56.1 Å². The minimum atomic E-state index is -1.52. The lowest BCUT2D eigenvalue weighted by Crippen LogP contribution is -2.34. The van der Waals surface area contributed by atoms with Gasteiger partial charge in [-0.1, -0.05) is 0 Å². The molecule has 5 aliphatic rings. The second kappa shape index (κ2) is 5.94. The zero-order chi connectivity index (χ0) is 22.8. The fourth-order valence-electron chi connectivity index (χ4n) is 6.25. The van der Waals surface area contributed by atoms with Crippen LogP contribution in [0.15, 0.2) is 18.5 Å². The highest BCUT2D eigenvalue weighted by Gasteiger charge is 2.96. The van der Waals surface area contributed by atoms with Gasteiger partial charge in [0.2, 0.25) is 5.60 Å². The SMILES string of the molecule is CC1(C)O[C@H]2[C@H](c3ccc4c(N)ncnn34)O[C@]3(C#N)C(OC(=O)O[C@@H]4C[C@@H]5C[C@@H]5C4)[C@]23O1. The van der Waals surface area contributed by atoms with E-state index in [2.05, 4.69) is 16.2 Å². The normalized spacial score (nSPS) is 43.4. The van der Waals surface area contributed by atoms with Crippen LogP contribution in [0.4, 0.5) is 10.6 Å². The maximum atomic E-state index is 12.6. The fraction of sp³-hybridized carbons (Fsp3) is 0.636. The zero-order valence-electron chi connectivity index (χ0n) is 18.1. The van der Waals surface area contributed by atoms with E-state index in [1.54, 1.807) is 30.5 Å². The van der Waals surface area contributed by atoms with Crippen molar-refractivity contribution < 1.29 is 28.5 Å². The Morgan fingerprint density at radius 1 is 1.24 bits per heavy atom. The maximum absolute atomic E-state index is 12.6. The molecule has 0 radical (unpaired) electrons. The Labute approximate surface area is 188 Å². The number of anilines is 1. The van der Waals surface area contributed by atoms with Crippen molar-refractivity contribution >= 4 is 17.5 Å². The monoisotopic (exact) mass is 453 g/mol. The average molecular weight is 453 g/mol. The van der Waals surface area contributed by atoms with Gasteiger partial charge in [0.25, 0.3) is 0 Å². The number of carbonyl (C=O) groups is 1. The van der Waals surface area contributed by atoms with E-state index in [-0.39, 0.29) is 6.10 Å². The summed E-state index contributed by atoms with van der Waals surface area (Å²) in [5, 5.41) is 14.4. The number of nitrogens with zero attached hydrogens (tertiary/aromatic N) is 4. The van der Waals surface area contributed by atoms with Gasteiger partial charge in [-0.05, 0) is 57.1 Å². The summed E-state index contributed by atoms with van der Waals surface area (Å²) < 4.78 is 31.5. The van der Waals surface area contributed by atoms with Crippen molar-refractivity contribution in [3.05, 3.63) is 24.2 Å². The summed E-state index contributed by atoms with van der Waals surface area (Å²) >= 11 is 0. The van der Waals surface area contributed by atoms with E-state index in [0.717, 1.165) is 12.8 Å². The van der Waals surface area contributed by atoms with Crippen LogP contribution in [-0.2, 0) is 23.7 Å². The molecule has 2 aromatic heterocycles. The highest BCUT2D eigenvalue weighted by Crippen LogP contribution is 2.71. The molecular weight excluding hydrogens is 430 g/mol. The number of fused-ring (bicyclic) bond motifs is 2. The summed E-state index contributed by atoms with van der Waals surface area (Å²) in [6.07, 6.45) is 1.02. The third-order valence-corrected chi connectivity index (χ3v) is 7.74. The Hall–Kier alpha value is -2.94. The number of hydrogen-bond donors (Lipinski definition) is 1. The van der Waals surface area contributed by atoms with Crippen LogP contribution in [0.5, 0.6) is 0 Å². The van der Waals surface area contributed by atoms with Gasteiger partial charge in [0.15, 0.2) is 23.3 Å². The molecule has 2 aromatic rings. The van der Waals surface area contributed by atoms with Crippen molar-refractivity contribution in [3.8, 4) is 6.07 Å². The number of nitriles is 1. The largest absolute Gasteiger partial charge is 0.509 e. The summed E-state index contributed by atoms with van der Waals surface area (Å²) in [6, 6.07) is 5.79. The molecule has 7 rings (SSSR count). The van der Waals surface area contributed by atoms with Crippen molar-refractivity contribution in [1.82, 2.24) is 14.6 Å². The molecule has 33 heavy (non-hydrogen) atoms. The molecule has 172 valence electrons. The van der Waals surface area contributed by atoms with Crippen LogP contribution in [0.1, 0.15) is 44.9 Å². The first-order valence-corrected chi connectivity index (χ1v) is 11.2. The van der Waals surface area contributed by atoms with Gasteiger partial charge in [-0.2, -0.15) is 10.4 Å². The minimum absolute atomic E-state index is 0.130. The van der Waals surface area contributed by atoms with Crippen LogP contribution < -0.4 is 5.73 Å². The lowest BCUT2D eigenvalue weighted by Gasteiger charge is -2.24. The number of nitrogen functional groups attached to an aromatic ring is 1. The lowest BCUT2D eigenvalue weighted by molar-refractivity contribution is -0.182. The first-order chi connectivity index (χ1) is 15.8. The van der Waals surface area contributed by atoms with Gasteiger partial charge in [0.1, 0.15) is 36.2 Å². The predicted molar refractivity (Wildman–Crippen MR) is 108 cm³/mol. The fourth-order valence-corrected chi connectivity index (χ4v) is 6.25. The van der Waals surface area contributed by atoms with E-state index in [1.807, 2.05) is 0 Å². The van der Waals surface area contributed by atoms with E-state index in [0.29, 0.717) is 28.9 Å². The van der Waals surface area contributed by atoms with Crippen molar-refractivity contribution in [2.75, 3.05) is 5.73 Å². The molecule has 2 N–H and O–H groups in total. The van der Waals surface area contributed by atoms with Crippen molar-refractivity contribution in [3.63, 3.8) is 0 Å². The quantitative estimate of drug-likeness (QED) is 0.684. The van der Waals surface area contributed by atoms with Crippen molar-refractivity contribution in [1.29, 1.82) is 5.26 Å². The minimum Gasteiger partial charge on any atom is -0.431 e. The summed E-state index contributed by atoms with van der Waals surface area (Å²) in [5.41, 5.74) is 4.43. The van der Waals surface area contributed by atoms with Crippen LogP contribution in [0.3, 0.4) is 0 Å². The topological polar surface area (TPSA) is 143 Å². The molecule has 0 amide bonds. The summed E-state index contributed by atoms with van der Waals surface area (Å²) in [6.45, 7) is 3.52. The molecular formula is C22H23N5O6. The number of hydrogen-bond acceptors (Lipinski definition) is 10. The predicted octanol–water partition coefficient (Wildman–Crippen LogP) is 1.87. The number of carbonyl (C=O) groups excluding carboxylic acids is 1. The second-order valence-corrected chi connectivity index (χ2v) is 10.1. The first kappa shape index (κ1) is 19.5. The van der Waals surface area contributed by atoms with E-state index in [1.165, 1.54) is 12.7 Å². The molecule has 0 bridgehead atoms. The molecule has 8 atom stereocenters. The van der Waals surface area contributed by atoms with Crippen LogP contribution >= 0.6 is 0 Å². The molecule has 2 saturated heterocycles. The number of ether oxygens (including phenoxy) is 5. The molecule has 11 nitrogen and oxygen atoms in total. The van der Waals surface area contributed by atoms with E-state index in [4.69, 9.17) is 29.4 Å². The summed E-state index contributed by atoms with van der Waals surface area (Å²) in [4.78, 5) is 16.6. The lowest BCUT2D eigenvalue weighted by atomic mass is 10.0. The van der Waals surface area contributed by atoms with E-state index in [9.17, 15) is 10.1 Å². The number of rotatable bonds is 3. The van der Waals surface area contributed by atoms with Gasteiger partial charge in [-0.15, -0.1) is 0 Å². The van der Waals surface area contributed by atoms with Gasteiger partial charge >= 0.3 is 6.16 Å². The van der Waals surface area contributed by atoms with Gasteiger partial charge < -0.3 is 29.4 Å². The van der Waals surface area contributed by atoms with Crippen LogP contribution in [0.2, 0.25) is 0 Å². The standard InChI is InChI=1S/C22H23N5O6/c1-20(2)32-16-15(13-3-4-14-17(24)25-9-26-27(13)14)31-21(8-23)18(22(16,21)33-20)30-19(28)29-12-6-10-5-11(10)7-12/h3-4,9-12,15-16,18H,5-7H2,1-2H3,(H2,24,25,26)/t10-,11+,12+,15-,16-,18?,21+,22+/m0/s1. The molecule has 0 aromatic carbocycles. The molecule has 4 heterocycles. The third kappa shape index (κ3) is 2.41. The third-order valence-electron chi connectivity index (χ3n) is 7.74. The molecule has 5 fully saturated rings. The van der Waals surface area contributed by atoms with Crippen molar-refractivity contribution in [2.45, 2.75) is 74.5 Å².